The molecule has 0 aromatic heterocycles. The number of hydrogen-bond acceptors (Lipinski definition) is 6. The summed E-state index contributed by atoms with van der Waals surface area (Å²) in [6.45, 7) is 4.65. The smallest absolute Gasteiger partial charge is 0.234 e. The molecule has 4 aromatic rings. The zero-order valence-corrected chi connectivity index (χ0v) is 23.0. The third-order valence-electron chi connectivity index (χ3n) is 6.83. The van der Waals surface area contributed by atoms with E-state index in [2.05, 4.69) is 71.3 Å². The molecule has 6 N–H and O–H groups in total. The number of carbonyl (C=O) groups excluding carboxylic acids is 2. The van der Waals surface area contributed by atoms with Crippen LogP contribution in [0, 0.1) is 0 Å². The second kappa shape index (κ2) is 15.1. The number of benzene rings is 4. The van der Waals surface area contributed by atoms with Crippen molar-refractivity contribution in [1.82, 2.24) is 20.4 Å². The number of hydrogen-bond donors (Lipinski definition) is 4. The molecule has 4 rings (SSSR count). The van der Waals surface area contributed by atoms with Crippen molar-refractivity contribution in [2.24, 2.45) is 11.5 Å². The highest BCUT2D eigenvalue weighted by molar-refractivity contribution is 5.84. The van der Waals surface area contributed by atoms with Crippen LogP contribution in [0.2, 0.25) is 0 Å². The largest absolute Gasteiger partial charge is 0.353 e. The molecular formula is C32H40N6O2. The first kappa shape index (κ1) is 29.2. The molecule has 40 heavy (non-hydrogen) atoms. The van der Waals surface area contributed by atoms with E-state index >= 15 is 0 Å². The number of nitrogens with two attached hydrogens (primary N) is 2. The monoisotopic (exact) mass is 540 g/mol. The molecular weight excluding hydrogens is 500 g/mol. The van der Waals surface area contributed by atoms with E-state index in [9.17, 15) is 9.59 Å². The van der Waals surface area contributed by atoms with E-state index < -0.39 is 0 Å². The Morgan fingerprint density at radius 2 is 0.975 bits per heavy atom. The lowest BCUT2D eigenvalue weighted by atomic mass is 10.1. The minimum absolute atomic E-state index is 0.0930. The number of carbonyl (C=O) groups is 2. The molecule has 0 radical (unpaired) electrons. The first-order valence-electron chi connectivity index (χ1n) is 13.9. The fourth-order valence-corrected chi connectivity index (χ4v) is 4.91. The van der Waals surface area contributed by atoms with E-state index in [0.717, 1.165) is 11.1 Å². The van der Waals surface area contributed by atoms with Crippen molar-refractivity contribution in [3.63, 3.8) is 0 Å². The standard InChI is InChI=1S/C32H40N6O2/c33-13-17-37(21-25-9-11-27-5-1-3-7-29(27)19-25)23-31(39)35-15-16-36-32(40)24-38(18-14-34)22-26-10-12-28-6-2-4-8-30(28)20-26/h1-12,19-20H,13-18,21-24,33-34H2,(H,35,39)(H,36,40). The summed E-state index contributed by atoms with van der Waals surface area (Å²) in [7, 11) is 0. The number of rotatable bonds is 15. The van der Waals surface area contributed by atoms with Gasteiger partial charge < -0.3 is 22.1 Å². The fraction of sp³-hybridized carbons (Fsp3) is 0.312. The molecule has 0 aliphatic rings. The molecule has 8 nitrogen and oxygen atoms in total. The van der Waals surface area contributed by atoms with E-state index in [0.29, 0.717) is 52.4 Å². The predicted molar refractivity (Wildman–Crippen MR) is 163 cm³/mol. The lowest BCUT2D eigenvalue weighted by Gasteiger charge is -2.22. The Morgan fingerprint density at radius 1 is 0.575 bits per heavy atom. The maximum atomic E-state index is 12.6. The highest BCUT2D eigenvalue weighted by Gasteiger charge is 2.13. The highest BCUT2D eigenvalue weighted by atomic mass is 16.2. The SMILES string of the molecule is NCCN(CC(=O)NCCNC(=O)CN(CCN)Cc1ccc2ccccc2c1)Cc1ccc2ccccc2c1. The van der Waals surface area contributed by atoms with Crippen LogP contribution in [-0.2, 0) is 22.7 Å². The Kier molecular flexibility index (Phi) is 11.0. The van der Waals surface area contributed by atoms with Crippen LogP contribution < -0.4 is 22.1 Å². The predicted octanol–water partition coefficient (Wildman–Crippen LogP) is 2.45. The number of nitrogens with one attached hydrogen (secondary N) is 2. The molecule has 210 valence electrons. The minimum atomic E-state index is -0.0930. The third kappa shape index (κ3) is 8.86. The third-order valence-corrected chi connectivity index (χ3v) is 6.83. The van der Waals surface area contributed by atoms with Gasteiger partial charge in [-0.2, -0.15) is 0 Å². The molecule has 0 aliphatic heterocycles. The van der Waals surface area contributed by atoms with Crippen LogP contribution in [0.25, 0.3) is 21.5 Å². The van der Waals surface area contributed by atoms with Crippen LogP contribution in [0.1, 0.15) is 11.1 Å². The Labute approximate surface area is 236 Å². The minimum Gasteiger partial charge on any atom is -0.353 e. The summed E-state index contributed by atoms with van der Waals surface area (Å²) in [6.07, 6.45) is 0. The summed E-state index contributed by atoms with van der Waals surface area (Å²) >= 11 is 0. The van der Waals surface area contributed by atoms with Crippen LogP contribution in [0.4, 0.5) is 0 Å². The van der Waals surface area contributed by atoms with Gasteiger partial charge in [0, 0.05) is 52.4 Å². The van der Waals surface area contributed by atoms with Gasteiger partial charge in [0.05, 0.1) is 13.1 Å². The van der Waals surface area contributed by atoms with Crippen LogP contribution in [0.3, 0.4) is 0 Å². The second-order valence-corrected chi connectivity index (χ2v) is 10.1. The topological polar surface area (TPSA) is 117 Å². The number of fused-ring (bicyclic) bond motifs is 2. The van der Waals surface area contributed by atoms with E-state index in [4.69, 9.17) is 11.5 Å². The van der Waals surface area contributed by atoms with Crippen molar-refractivity contribution in [2.45, 2.75) is 13.1 Å². The van der Waals surface area contributed by atoms with Crippen molar-refractivity contribution in [1.29, 1.82) is 0 Å². The molecule has 0 fully saturated rings. The van der Waals surface area contributed by atoms with Crippen LogP contribution in [0.15, 0.2) is 84.9 Å². The Bertz CT molecular complexity index is 1300. The zero-order valence-electron chi connectivity index (χ0n) is 23.0. The molecule has 4 aromatic carbocycles. The normalized spacial score (nSPS) is 11.4. The van der Waals surface area contributed by atoms with E-state index in [1.54, 1.807) is 0 Å². The second-order valence-electron chi connectivity index (χ2n) is 10.1. The molecule has 8 heteroatoms. The van der Waals surface area contributed by atoms with Gasteiger partial charge in [-0.05, 0) is 44.8 Å². The molecule has 0 aliphatic carbocycles. The van der Waals surface area contributed by atoms with Gasteiger partial charge in [-0.3, -0.25) is 19.4 Å². The molecule has 0 saturated heterocycles. The van der Waals surface area contributed by atoms with Crippen LogP contribution >= 0.6 is 0 Å². The fourth-order valence-electron chi connectivity index (χ4n) is 4.91. The Morgan fingerprint density at radius 3 is 1.38 bits per heavy atom. The van der Waals surface area contributed by atoms with Gasteiger partial charge in [-0.15, -0.1) is 0 Å². The summed E-state index contributed by atoms with van der Waals surface area (Å²) < 4.78 is 0. The van der Waals surface area contributed by atoms with E-state index in [1.807, 2.05) is 34.1 Å². The van der Waals surface area contributed by atoms with Crippen molar-refractivity contribution in [2.75, 3.05) is 52.4 Å². The van der Waals surface area contributed by atoms with Crippen molar-refractivity contribution < 1.29 is 9.59 Å². The number of amides is 2. The molecule has 0 unspecified atom stereocenters. The molecule has 0 saturated carbocycles. The first-order chi connectivity index (χ1) is 19.5. The summed E-state index contributed by atoms with van der Waals surface area (Å²) in [4.78, 5) is 29.3. The summed E-state index contributed by atoms with van der Waals surface area (Å²) in [6, 6.07) is 29.1. The molecule has 0 atom stereocenters. The lowest BCUT2D eigenvalue weighted by Crippen LogP contribution is -2.43. The van der Waals surface area contributed by atoms with Gasteiger partial charge >= 0.3 is 0 Å². The van der Waals surface area contributed by atoms with Gasteiger partial charge in [-0.1, -0.05) is 72.8 Å². The Balaban J connectivity index is 1.19. The maximum absolute atomic E-state index is 12.6. The van der Waals surface area contributed by atoms with E-state index in [1.165, 1.54) is 21.5 Å². The highest BCUT2D eigenvalue weighted by Crippen LogP contribution is 2.18. The lowest BCUT2D eigenvalue weighted by molar-refractivity contribution is -0.124. The van der Waals surface area contributed by atoms with Gasteiger partial charge in [0.2, 0.25) is 11.8 Å². The van der Waals surface area contributed by atoms with Crippen LogP contribution in [-0.4, -0.2) is 74.0 Å². The Hall–Kier alpha value is -3.82. The van der Waals surface area contributed by atoms with Crippen LogP contribution in [0.5, 0.6) is 0 Å². The van der Waals surface area contributed by atoms with Crippen molar-refractivity contribution >= 4 is 33.4 Å². The first-order valence-corrected chi connectivity index (χ1v) is 13.9. The molecule has 2 amide bonds. The quantitative estimate of drug-likeness (QED) is 0.172. The molecule has 0 spiro atoms. The maximum Gasteiger partial charge on any atom is 0.234 e. The number of nitrogens with zero attached hydrogens (tertiary/aromatic N) is 2. The zero-order chi connectivity index (χ0) is 28.2. The van der Waals surface area contributed by atoms with Gasteiger partial charge in [-0.25, -0.2) is 0 Å². The molecule has 0 bridgehead atoms. The van der Waals surface area contributed by atoms with Gasteiger partial charge in [0.1, 0.15) is 0 Å². The average Bonchev–Trinajstić information content (AvgIpc) is 2.95. The van der Waals surface area contributed by atoms with E-state index in [-0.39, 0.29) is 24.9 Å². The summed E-state index contributed by atoms with van der Waals surface area (Å²) in [5, 5.41) is 10.5. The summed E-state index contributed by atoms with van der Waals surface area (Å²) in [5.41, 5.74) is 13.9. The average molecular weight is 541 g/mol. The summed E-state index contributed by atoms with van der Waals surface area (Å²) in [5.74, 6) is -0.186. The van der Waals surface area contributed by atoms with Gasteiger partial charge in [0.15, 0.2) is 0 Å². The van der Waals surface area contributed by atoms with Gasteiger partial charge in [0.25, 0.3) is 0 Å². The van der Waals surface area contributed by atoms with Crippen molar-refractivity contribution in [3.05, 3.63) is 96.1 Å². The molecule has 0 heterocycles. The van der Waals surface area contributed by atoms with Crippen molar-refractivity contribution in [3.8, 4) is 0 Å².